The molecule has 0 bridgehead atoms. The molecular weight excluding hydrogens is 302 g/mol. The number of aromatic nitrogens is 3. The number of pyridine rings is 3. The summed E-state index contributed by atoms with van der Waals surface area (Å²) < 4.78 is 0. The molecule has 24 heavy (non-hydrogen) atoms. The van der Waals surface area contributed by atoms with E-state index in [9.17, 15) is 4.79 Å². The number of nitrogens with zero attached hydrogens (tertiary/aromatic N) is 3. The maximum atomic E-state index is 12.2. The lowest BCUT2D eigenvalue weighted by atomic mass is 10.2. The predicted molar refractivity (Wildman–Crippen MR) is 91.2 cm³/mol. The molecule has 120 valence electrons. The van der Waals surface area contributed by atoms with Gasteiger partial charge in [-0.3, -0.25) is 19.7 Å². The maximum absolute atomic E-state index is 12.2. The summed E-state index contributed by atoms with van der Waals surface area (Å²) >= 11 is 0. The summed E-state index contributed by atoms with van der Waals surface area (Å²) in [6, 6.07) is 9.39. The molecule has 6 heteroatoms. The fourth-order valence-electron chi connectivity index (χ4n) is 2.15. The van der Waals surface area contributed by atoms with E-state index in [0.29, 0.717) is 18.7 Å². The van der Waals surface area contributed by atoms with Crippen molar-refractivity contribution in [1.29, 1.82) is 0 Å². The SMILES string of the molecule is O=C(NCc1ccncc1)c1cncc(NCc2cccnc2)c1. The molecule has 0 aromatic carbocycles. The lowest BCUT2D eigenvalue weighted by Gasteiger charge is -2.08. The number of carbonyl (C=O) groups excluding carboxylic acids is 1. The molecule has 6 nitrogen and oxygen atoms in total. The van der Waals surface area contributed by atoms with E-state index in [1.54, 1.807) is 43.2 Å². The second kappa shape index (κ2) is 7.82. The van der Waals surface area contributed by atoms with Crippen molar-refractivity contribution < 1.29 is 4.79 Å². The van der Waals surface area contributed by atoms with E-state index in [1.807, 2.05) is 24.3 Å². The third-order valence-corrected chi connectivity index (χ3v) is 3.42. The van der Waals surface area contributed by atoms with Gasteiger partial charge in [-0.2, -0.15) is 0 Å². The molecule has 0 aliphatic rings. The van der Waals surface area contributed by atoms with Gasteiger partial charge in [0.1, 0.15) is 0 Å². The summed E-state index contributed by atoms with van der Waals surface area (Å²) in [7, 11) is 0. The molecule has 0 saturated heterocycles. The summed E-state index contributed by atoms with van der Waals surface area (Å²) in [5.41, 5.74) is 3.36. The van der Waals surface area contributed by atoms with Crippen LogP contribution in [-0.2, 0) is 13.1 Å². The van der Waals surface area contributed by atoms with Gasteiger partial charge in [0, 0.05) is 50.3 Å². The minimum atomic E-state index is -0.163. The monoisotopic (exact) mass is 319 g/mol. The Bertz CT molecular complexity index is 793. The first kappa shape index (κ1) is 15.6. The standard InChI is InChI=1S/C18H17N5O/c24-18(23-10-14-3-6-19-7-4-14)16-8-17(13-21-12-16)22-11-15-2-1-5-20-9-15/h1-9,12-13,22H,10-11H2,(H,23,24). The zero-order chi connectivity index (χ0) is 16.6. The summed E-state index contributed by atoms with van der Waals surface area (Å²) in [5, 5.41) is 6.11. The Kier molecular flexibility index (Phi) is 5.09. The van der Waals surface area contributed by atoms with Crippen molar-refractivity contribution in [2.75, 3.05) is 5.32 Å². The fraction of sp³-hybridized carbons (Fsp3) is 0.111. The molecule has 1 amide bonds. The fourth-order valence-corrected chi connectivity index (χ4v) is 2.15. The molecule has 2 N–H and O–H groups in total. The van der Waals surface area contributed by atoms with Crippen LogP contribution in [0.25, 0.3) is 0 Å². The van der Waals surface area contributed by atoms with Crippen molar-refractivity contribution in [3.8, 4) is 0 Å². The Morgan fingerprint density at radius 3 is 2.54 bits per heavy atom. The van der Waals surface area contributed by atoms with Crippen molar-refractivity contribution in [2.45, 2.75) is 13.1 Å². The maximum Gasteiger partial charge on any atom is 0.253 e. The molecule has 0 saturated carbocycles. The third-order valence-electron chi connectivity index (χ3n) is 3.42. The van der Waals surface area contributed by atoms with Gasteiger partial charge in [-0.1, -0.05) is 6.07 Å². The summed E-state index contributed by atoms with van der Waals surface area (Å²) in [6.45, 7) is 1.08. The average molecular weight is 319 g/mol. The lowest BCUT2D eigenvalue weighted by Crippen LogP contribution is -2.23. The van der Waals surface area contributed by atoms with Gasteiger partial charge < -0.3 is 10.6 Å². The summed E-state index contributed by atoms with van der Waals surface area (Å²) in [5.74, 6) is -0.163. The molecule has 0 atom stereocenters. The molecule has 3 rings (SSSR count). The van der Waals surface area contributed by atoms with Gasteiger partial charge in [0.05, 0.1) is 11.3 Å². The van der Waals surface area contributed by atoms with E-state index >= 15 is 0 Å². The number of amides is 1. The Morgan fingerprint density at radius 2 is 1.75 bits per heavy atom. The van der Waals surface area contributed by atoms with Crippen LogP contribution in [0.2, 0.25) is 0 Å². The Morgan fingerprint density at radius 1 is 0.875 bits per heavy atom. The first-order chi connectivity index (χ1) is 11.8. The van der Waals surface area contributed by atoms with E-state index in [1.165, 1.54) is 0 Å². The second-order valence-corrected chi connectivity index (χ2v) is 5.22. The van der Waals surface area contributed by atoms with Gasteiger partial charge in [-0.05, 0) is 35.4 Å². The van der Waals surface area contributed by atoms with Crippen LogP contribution in [0.4, 0.5) is 5.69 Å². The van der Waals surface area contributed by atoms with E-state index in [4.69, 9.17) is 0 Å². The highest BCUT2D eigenvalue weighted by Gasteiger charge is 2.07. The number of nitrogens with one attached hydrogen (secondary N) is 2. The van der Waals surface area contributed by atoms with Gasteiger partial charge in [-0.25, -0.2) is 0 Å². The third kappa shape index (κ3) is 4.36. The number of anilines is 1. The van der Waals surface area contributed by atoms with Crippen LogP contribution in [0.1, 0.15) is 21.5 Å². The molecule has 3 aromatic rings. The Balaban J connectivity index is 1.59. The predicted octanol–water partition coefficient (Wildman–Crippen LogP) is 2.41. The molecule has 0 aliphatic heterocycles. The normalized spacial score (nSPS) is 10.2. The highest BCUT2D eigenvalue weighted by atomic mass is 16.1. The molecule has 0 fully saturated rings. The zero-order valence-corrected chi connectivity index (χ0v) is 13.0. The minimum absolute atomic E-state index is 0.163. The average Bonchev–Trinajstić information content (AvgIpc) is 2.66. The zero-order valence-electron chi connectivity index (χ0n) is 13.0. The first-order valence-electron chi connectivity index (χ1n) is 7.56. The van der Waals surface area contributed by atoms with Crippen molar-refractivity contribution in [1.82, 2.24) is 20.3 Å². The van der Waals surface area contributed by atoms with Gasteiger partial charge in [-0.15, -0.1) is 0 Å². The molecule has 0 radical (unpaired) electrons. The van der Waals surface area contributed by atoms with Gasteiger partial charge in [0.25, 0.3) is 5.91 Å². The van der Waals surface area contributed by atoms with Crippen molar-refractivity contribution >= 4 is 11.6 Å². The summed E-state index contributed by atoms with van der Waals surface area (Å²) in [4.78, 5) is 24.4. The molecule has 3 heterocycles. The molecule has 0 spiro atoms. The Hall–Kier alpha value is -3.28. The van der Waals surface area contributed by atoms with E-state index in [0.717, 1.165) is 16.8 Å². The second-order valence-electron chi connectivity index (χ2n) is 5.22. The Labute approximate surface area is 140 Å². The van der Waals surface area contributed by atoms with Crippen LogP contribution in [0.5, 0.6) is 0 Å². The number of hydrogen-bond donors (Lipinski definition) is 2. The molecular formula is C18H17N5O. The summed E-state index contributed by atoms with van der Waals surface area (Å²) in [6.07, 6.45) is 10.2. The first-order valence-corrected chi connectivity index (χ1v) is 7.56. The molecule has 0 unspecified atom stereocenters. The van der Waals surface area contributed by atoms with Crippen LogP contribution in [-0.4, -0.2) is 20.9 Å². The van der Waals surface area contributed by atoms with Crippen molar-refractivity contribution in [2.24, 2.45) is 0 Å². The highest BCUT2D eigenvalue weighted by molar-refractivity contribution is 5.94. The quantitative estimate of drug-likeness (QED) is 0.729. The minimum Gasteiger partial charge on any atom is -0.380 e. The van der Waals surface area contributed by atoms with Gasteiger partial charge in [0.15, 0.2) is 0 Å². The van der Waals surface area contributed by atoms with Crippen LogP contribution in [0, 0.1) is 0 Å². The van der Waals surface area contributed by atoms with E-state index in [-0.39, 0.29) is 5.91 Å². The van der Waals surface area contributed by atoms with Crippen LogP contribution in [0.3, 0.4) is 0 Å². The number of hydrogen-bond acceptors (Lipinski definition) is 5. The van der Waals surface area contributed by atoms with E-state index < -0.39 is 0 Å². The molecule has 3 aromatic heterocycles. The number of carbonyl (C=O) groups is 1. The lowest BCUT2D eigenvalue weighted by molar-refractivity contribution is 0.0950. The van der Waals surface area contributed by atoms with Crippen molar-refractivity contribution in [3.63, 3.8) is 0 Å². The van der Waals surface area contributed by atoms with Gasteiger partial charge in [0.2, 0.25) is 0 Å². The largest absolute Gasteiger partial charge is 0.380 e. The van der Waals surface area contributed by atoms with Crippen LogP contribution >= 0.6 is 0 Å². The van der Waals surface area contributed by atoms with Crippen molar-refractivity contribution in [3.05, 3.63) is 84.2 Å². The molecule has 0 aliphatic carbocycles. The smallest absolute Gasteiger partial charge is 0.253 e. The van der Waals surface area contributed by atoms with Crippen LogP contribution < -0.4 is 10.6 Å². The van der Waals surface area contributed by atoms with Crippen LogP contribution in [0.15, 0.2) is 67.5 Å². The number of rotatable bonds is 6. The topological polar surface area (TPSA) is 79.8 Å². The van der Waals surface area contributed by atoms with E-state index in [2.05, 4.69) is 25.6 Å². The van der Waals surface area contributed by atoms with Gasteiger partial charge >= 0.3 is 0 Å². The highest BCUT2D eigenvalue weighted by Crippen LogP contribution is 2.10.